The zero-order chi connectivity index (χ0) is 9.68. The van der Waals surface area contributed by atoms with Crippen LogP contribution in [0.4, 0.5) is 5.69 Å². The quantitative estimate of drug-likeness (QED) is 0.663. The number of nitrogens with zero attached hydrogens (tertiary/aromatic N) is 1. The van der Waals surface area contributed by atoms with E-state index in [1.54, 1.807) is 18.2 Å². The summed E-state index contributed by atoms with van der Waals surface area (Å²) in [6.45, 7) is -0.292. The van der Waals surface area contributed by atoms with Crippen molar-refractivity contribution < 1.29 is 14.8 Å². The second-order valence-corrected chi connectivity index (χ2v) is 2.40. The van der Waals surface area contributed by atoms with E-state index in [-0.39, 0.29) is 6.61 Å². The first-order valence-corrected chi connectivity index (χ1v) is 3.87. The van der Waals surface area contributed by atoms with Crippen molar-refractivity contribution in [3.05, 3.63) is 29.8 Å². The second-order valence-electron chi connectivity index (χ2n) is 2.40. The first-order chi connectivity index (χ1) is 6.33. The molecule has 0 aliphatic rings. The van der Waals surface area contributed by atoms with E-state index in [9.17, 15) is 5.11 Å². The third-order valence-electron chi connectivity index (χ3n) is 1.68. The lowest BCUT2D eigenvalue weighted by Crippen LogP contribution is -2.21. The fourth-order valence-corrected chi connectivity index (χ4v) is 1.08. The van der Waals surface area contributed by atoms with Crippen LogP contribution in [-0.2, 0) is 21.4 Å². The molecule has 0 saturated carbocycles. The molecule has 4 nitrogen and oxygen atoms in total. The minimum Gasteiger partial charge on any atom is -0.252 e. The van der Waals surface area contributed by atoms with Crippen molar-refractivity contribution in [3.8, 4) is 0 Å². The van der Waals surface area contributed by atoms with Crippen LogP contribution in [0.2, 0.25) is 0 Å². The molecular weight excluding hydrogens is 170 g/mol. The summed E-state index contributed by atoms with van der Waals surface area (Å²) in [4.78, 5) is 9.80. The van der Waals surface area contributed by atoms with E-state index in [1.807, 2.05) is 6.07 Å². The number of rotatable bonds is 4. The van der Waals surface area contributed by atoms with Gasteiger partial charge in [0.25, 0.3) is 0 Å². The summed E-state index contributed by atoms with van der Waals surface area (Å²) < 4.78 is 0. The summed E-state index contributed by atoms with van der Waals surface area (Å²) >= 11 is 0. The number of para-hydroxylation sites is 1. The maximum atomic E-state index is 10.8. The molecule has 0 fully saturated rings. The van der Waals surface area contributed by atoms with Gasteiger partial charge in [-0.15, -0.1) is 5.23 Å². The predicted molar refractivity (Wildman–Crippen MR) is 47.3 cm³/mol. The molecule has 0 bridgehead atoms. The van der Waals surface area contributed by atoms with Crippen LogP contribution in [0.25, 0.3) is 0 Å². The van der Waals surface area contributed by atoms with Gasteiger partial charge in [0.15, 0.2) is 0 Å². The van der Waals surface area contributed by atoms with Crippen molar-refractivity contribution in [1.29, 1.82) is 0 Å². The monoisotopic (exact) mass is 182 g/mol. The van der Waals surface area contributed by atoms with E-state index in [1.165, 1.54) is 19.4 Å². The Balaban J connectivity index is 2.96. The minimum atomic E-state index is -0.292. The van der Waals surface area contributed by atoms with Crippen LogP contribution < -0.4 is 5.23 Å². The summed E-state index contributed by atoms with van der Waals surface area (Å²) in [5.74, 6) is 0. The molecule has 0 aliphatic heterocycles. The molecule has 0 spiro atoms. The third-order valence-corrected chi connectivity index (χ3v) is 1.68. The fourth-order valence-electron chi connectivity index (χ4n) is 1.08. The predicted octanol–water partition coefficient (Wildman–Crippen LogP) is 1.55. The van der Waals surface area contributed by atoms with E-state index < -0.39 is 0 Å². The highest BCUT2D eigenvalue weighted by Gasteiger charge is 2.08. The first-order valence-electron chi connectivity index (χ1n) is 3.87. The van der Waals surface area contributed by atoms with Gasteiger partial charge in [0.05, 0.1) is 14.2 Å². The Morgan fingerprint density at radius 1 is 1.23 bits per heavy atom. The van der Waals surface area contributed by atoms with Gasteiger partial charge in [0, 0.05) is 5.56 Å². The number of hydrogen-bond donors (Lipinski definition) is 0. The average Bonchev–Trinajstić information content (AvgIpc) is 2.20. The Morgan fingerprint density at radius 3 is 2.38 bits per heavy atom. The highest BCUT2D eigenvalue weighted by molar-refractivity contribution is 5.49. The van der Waals surface area contributed by atoms with Gasteiger partial charge in [0.2, 0.25) is 0 Å². The van der Waals surface area contributed by atoms with Crippen molar-refractivity contribution in [3.63, 3.8) is 0 Å². The lowest BCUT2D eigenvalue weighted by Gasteiger charge is -2.19. The molecule has 71 valence electrons. The van der Waals surface area contributed by atoms with E-state index in [4.69, 9.17) is 9.68 Å². The molecule has 0 atom stereocenters. The maximum Gasteiger partial charge on any atom is 0.109 e. The molecule has 0 unspecified atom stereocenters. The highest BCUT2D eigenvalue weighted by Crippen LogP contribution is 2.20. The zero-order valence-corrected chi connectivity index (χ0v) is 7.69. The van der Waals surface area contributed by atoms with Gasteiger partial charge in [-0.25, -0.2) is 5.11 Å². The Morgan fingerprint density at radius 2 is 1.85 bits per heavy atom. The number of anilines is 1. The van der Waals surface area contributed by atoms with Crippen LogP contribution in [0.1, 0.15) is 5.56 Å². The molecule has 1 radical (unpaired) electrons. The fraction of sp³-hybridized carbons (Fsp3) is 0.333. The Labute approximate surface area is 77.2 Å². The first kappa shape index (κ1) is 9.98. The average molecular weight is 182 g/mol. The van der Waals surface area contributed by atoms with Crippen LogP contribution in [0, 0.1) is 0 Å². The molecule has 0 saturated heterocycles. The molecule has 0 amide bonds. The SMILES string of the molecule is CON(OC)c1ccccc1C[O]. The van der Waals surface area contributed by atoms with Crippen molar-refractivity contribution >= 4 is 5.69 Å². The van der Waals surface area contributed by atoms with Gasteiger partial charge in [-0.1, -0.05) is 18.2 Å². The van der Waals surface area contributed by atoms with Gasteiger partial charge in [-0.2, -0.15) is 0 Å². The molecule has 1 aromatic carbocycles. The van der Waals surface area contributed by atoms with Gasteiger partial charge >= 0.3 is 0 Å². The van der Waals surface area contributed by atoms with Crippen molar-refractivity contribution in [2.75, 3.05) is 19.4 Å². The molecule has 4 heteroatoms. The molecule has 0 aromatic heterocycles. The molecule has 0 N–H and O–H groups in total. The third kappa shape index (κ3) is 2.18. The minimum absolute atomic E-state index is 0.292. The highest BCUT2D eigenvalue weighted by atomic mass is 16.9. The van der Waals surface area contributed by atoms with Crippen molar-refractivity contribution in [2.24, 2.45) is 0 Å². The molecule has 13 heavy (non-hydrogen) atoms. The zero-order valence-electron chi connectivity index (χ0n) is 7.69. The molecule has 1 aromatic rings. The lowest BCUT2D eigenvalue weighted by atomic mass is 10.2. The maximum absolute atomic E-state index is 10.8. The normalized spacial score (nSPS) is 10.1. The largest absolute Gasteiger partial charge is 0.252 e. The number of hydrogen-bond acceptors (Lipinski definition) is 3. The lowest BCUT2D eigenvalue weighted by molar-refractivity contribution is -0.0442. The summed E-state index contributed by atoms with van der Waals surface area (Å²) in [5, 5.41) is 12.0. The van der Waals surface area contributed by atoms with E-state index in [0.29, 0.717) is 11.3 Å². The summed E-state index contributed by atoms with van der Waals surface area (Å²) in [7, 11) is 2.95. The van der Waals surface area contributed by atoms with Crippen LogP contribution in [0.3, 0.4) is 0 Å². The molecule has 0 heterocycles. The molecule has 1 rings (SSSR count). The Bertz CT molecular complexity index is 261. The van der Waals surface area contributed by atoms with Crippen LogP contribution >= 0.6 is 0 Å². The van der Waals surface area contributed by atoms with E-state index in [2.05, 4.69) is 0 Å². The van der Waals surface area contributed by atoms with Crippen LogP contribution in [0.15, 0.2) is 24.3 Å². The van der Waals surface area contributed by atoms with E-state index in [0.717, 1.165) is 0 Å². The smallest absolute Gasteiger partial charge is 0.109 e. The Hall–Kier alpha value is -1.10. The Kier molecular flexibility index (Phi) is 3.70. The van der Waals surface area contributed by atoms with Crippen molar-refractivity contribution in [2.45, 2.75) is 6.61 Å². The van der Waals surface area contributed by atoms with Gasteiger partial charge in [0.1, 0.15) is 12.3 Å². The van der Waals surface area contributed by atoms with Gasteiger partial charge < -0.3 is 0 Å². The van der Waals surface area contributed by atoms with Crippen molar-refractivity contribution in [1.82, 2.24) is 0 Å². The van der Waals surface area contributed by atoms with Crippen LogP contribution in [-0.4, -0.2) is 14.2 Å². The molecular formula is C9H12NO3. The second kappa shape index (κ2) is 4.81. The standard InChI is InChI=1S/C9H12NO3/c1-12-10(13-2)9-6-4-3-5-8(9)7-11/h3-6H,7H2,1-2H3. The summed E-state index contributed by atoms with van der Waals surface area (Å²) in [6.07, 6.45) is 0. The number of benzene rings is 1. The van der Waals surface area contributed by atoms with Gasteiger partial charge in [-0.3, -0.25) is 9.68 Å². The topological polar surface area (TPSA) is 41.6 Å². The van der Waals surface area contributed by atoms with Crippen LogP contribution in [0.5, 0.6) is 0 Å². The molecule has 0 aliphatic carbocycles. The summed E-state index contributed by atoms with van der Waals surface area (Å²) in [5.41, 5.74) is 1.29. The summed E-state index contributed by atoms with van der Waals surface area (Å²) in [6, 6.07) is 7.13. The van der Waals surface area contributed by atoms with Gasteiger partial charge in [-0.05, 0) is 6.07 Å². The van der Waals surface area contributed by atoms with E-state index >= 15 is 0 Å².